The Hall–Kier alpha value is -2.99. The summed E-state index contributed by atoms with van der Waals surface area (Å²) in [6.45, 7) is 5.18. The fourth-order valence-corrected chi connectivity index (χ4v) is 5.47. The van der Waals surface area contributed by atoms with Crippen LogP contribution in [0.5, 0.6) is 0 Å². The third-order valence-corrected chi connectivity index (χ3v) is 7.14. The number of rotatable bonds is 4. The van der Waals surface area contributed by atoms with E-state index in [0.29, 0.717) is 44.6 Å². The zero-order chi connectivity index (χ0) is 22.2. The molecule has 0 aliphatic carbocycles. The molecule has 6 heteroatoms. The van der Waals surface area contributed by atoms with E-state index in [-0.39, 0.29) is 35.6 Å². The van der Waals surface area contributed by atoms with Crippen molar-refractivity contribution in [2.24, 2.45) is 11.8 Å². The van der Waals surface area contributed by atoms with Crippen LogP contribution < -0.4 is 0 Å². The van der Waals surface area contributed by atoms with E-state index >= 15 is 0 Å². The van der Waals surface area contributed by atoms with Crippen molar-refractivity contribution in [3.63, 3.8) is 0 Å². The molecule has 0 radical (unpaired) electrons. The highest BCUT2D eigenvalue weighted by Crippen LogP contribution is 2.37. The number of carbonyl (C=O) groups is 3. The quantitative estimate of drug-likeness (QED) is 0.699. The summed E-state index contributed by atoms with van der Waals surface area (Å²) in [5.41, 5.74) is 2.96. The molecule has 2 atom stereocenters. The molecule has 0 bridgehead atoms. The maximum absolute atomic E-state index is 13.2. The van der Waals surface area contributed by atoms with Crippen LogP contribution in [0.3, 0.4) is 0 Å². The largest absolute Gasteiger partial charge is 0.338 e. The first-order valence-corrected chi connectivity index (χ1v) is 11.5. The van der Waals surface area contributed by atoms with Crippen LogP contribution in [0.4, 0.5) is 0 Å². The highest BCUT2D eigenvalue weighted by atomic mass is 16.2. The van der Waals surface area contributed by atoms with E-state index in [1.165, 1.54) is 5.56 Å². The molecule has 166 valence electrons. The number of aryl methyl sites for hydroxylation is 1. The molecular formula is C26H29N3O3. The Bertz CT molecular complexity index is 1010. The van der Waals surface area contributed by atoms with Crippen LogP contribution in [0.25, 0.3) is 0 Å². The predicted molar refractivity (Wildman–Crippen MR) is 121 cm³/mol. The highest BCUT2D eigenvalue weighted by molar-refractivity contribution is 6.06. The summed E-state index contributed by atoms with van der Waals surface area (Å²) < 4.78 is 0. The standard InChI is InChI=1S/C26H29N3O3/c1-18-6-5-9-20(14-18)24(30)28-12-10-21(11-13-28)29-25(31)22-16-27(17-23(22)26(29)32)15-19-7-3-2-4-8-19/h2-9,14,21-23H,10-13,15-17H2,1H3/t22-,23+. The second kappa shape index (κ2) is 8.51. The minimum atomic E-state index is -0.224. The number of hydrogen-bond acceptors (Lipinski definition) is 4. The fourth-order valence-electron chi connectivity index (χ4n) is 5.47. The van der Waals surface area contributed by atoms with Crippen molar-refractivity contribution in [2.45, 2.75) is 32.4 Å². The minimum absolute atomic E-state index is 0.0148. The van der Waals surface area contributed by atoms with E-state index in [1.54, 1.807) is 4.90 Å². The van der Waals surface area contributed by atoms with E-state index in [0.717, 1.165) is 12.1 Å². The van der Waals surface area contributed by atoms with Gasteiger partial charge in [-0.2, -0.15) is 0 Å². The number of likely N-dealkylation sites (tertiary alicyclic amines) is 3. The lowest BCUT2D eigenvalue weighted by molar-refractivity contribution is -0.144. The summed E-state index contributed by atoms with van der Waals surface area (Å²) in [6, 6.07) is 17.7. The number of carbonyl (C=O) groups excluding carboxylic acids is 3. The van der Waals surface area contributed by atoms with Gasteiger partial charge in [-0.05, 0) is 37.5 Å². The molecule has 3 amide bonds. The van der Waals surface area contributed by atoms with Crippen molar-refractivity contribution in [3.05, 3.63) is 71.3 Å². The molecule has 2 aromatic carbocycles. The number of nitrogens with zero attached hydrogens (tertiary/aromatic N) is 3. The topological polar surface area (TPSA) is 60.9 Å². The molecule has 5 rings (SSSR count). The third-order valence-electron chi connectivity index (χ3n) is 7.14. The molecule has 3 fully saturated rings. The first-order valence-electron chi connectivity index (χ1n) is 11.5. The van der Waals surface area contributed by atoms with Gasteiger partial charge in [-0.25, -0.2) is 0 Å². The zero-order valence-corrected chi connectivity index (χ0v) is 18.4. The molecule has 0 spiro atoms. The van der Waals surface area contributed by atoms with Gasteiger partial charge in [0.2, 0.25) is 11.8 Å². The SMILES string of the molecule is Cc1cccc(C(=O)N2CCC(N3C(=O)[C@H]4CN(Cc5ccccc5)C[C@H]4C3=O)CC2)c1. The van der Waals surface area contributed by atoms with Crippen molar-refractivity contribution >= 4 is 17.7 Å². The summed E-state index contributed by atoms with van der Waals surface area (Å²) in [7, 11) is 0. The Morgan fingerprint density at radius 3 is 2.19 bits per heavy atom. The Labute approximate surface area is 188 Å². The number of amides is 3. The Kier molecular flexibility index (Phi) is 5.55. The lowest BCUT2D eigenvalue weighted by Crippen LogP contribution is -2.50. The molecule has 2 aromatic rings. The second-order valence-electron chi connectivity index (χ2n) is 9.33. The van der Waals surface area contributed by atoms with Crippen LogP contribution in [0, 0.1) is 18.8 Å². The number of benzene rings is 2. The van der Waals surface area contributed by atoms with E-state index in [4.69, 9.17) is 0 Å². The number of hydrogen-bond donors (Lipinski definition) is 0. The average molecular weight is 432 g/mol. The highest BCUT2D eigenvalue weighted by Gasteiger charge is 2.54. The van der Waals surface area contributed by atoms with Gasteiger partial charge < -0.3 is 4.90 Å². The Balaban J connectivity index is 1.19. The minimum Gasteiger partial charge on any atom is -0.338 e. The van der Waals surface area contributed by atoms with E-state index in [9.17, 15) is 14.4 Å². The van der Waals surface area contributed by atoms with Crippen molar-refractivity contribution in [2.75, 3.05) is 26.2 Å². The van der Waals surface area contributed by atoms with Gasteiger partial charge in [-0.1, -0.05) is 48.0 Å². The molecule has 3 heterocycles. The molecule has 3 saturated heterocycles. The zero-order valence-electron chi connectivity index (χ0n) is 18.4. The molecule has 0 saturated carbocycles. The van der Waals surface area contributed by atoms with Crippen LogP contribution in [-0.4, -0.2) is 64.6 Å². The summed E-state index contributed by atoms with van der Waals surface area (Å²) in [4.78, 5) is 44.8. The monoisotopic (exact) mass is 431 g/mol. The summed E-state index contributed by atoms with van der Waals surface area (Å²) in [5.74, 6) is -0.450. The van der Waals surface area contributed by atoms with Crippen molar-refractivity contribution in [3.8, 4) is 0 Å². The summed E-state index contributed by atoms with van der Waals surface area (Å²) >= 11 is 0. The van der Waals surface area contributed by atoms with Gasteiger partial charge in [-0.3, -0.25) is 24.2 Å². The van der Waals surface area contributed by atoms with Gasteiger partial charge in [0.25, 0.3) is 5.91 Å². The molecule has 0 N–H and O–H groups in total. The van der Waals surface area contributed by atoms with Gasteiger partial charge in [0.05, 0.1) is 11.8 Å². The lowest BCUT2D eigenvalue weighted by Gasteiger charge is -2.36. The third kappa shape index (κ3) is 3.84. The number of piperidine rings is 1. The molecule has 0 aromatic heterocycles. The van der Waals surface area contributed by atoms with Gasteiger partial charge >= 0.3 is 0 Å². The maximum Gasteiger partial charge on any atom is 0.253 e. The van der Waals surface area contributed by atoms with Crippen LogP contribution >= 0.6 is 0 Å². The molecule has 3 aliphatic heterocycles. The van der Waals surface area contributed by atoms with Gasteiger partial charge in [-0.15, -0.1) is 0 Å². The van der Waals surface area contributed by atoms with Crippen molar-refractivity contribution in [1.29, 1.82) is 0 Å². The van der Waals surface area contributed by atoms with E-state index < -0.39 is 0 Å². The summed E-state index contributed by atoms with van der Waals surface area (Å²) in [5, 5.41) is 0. The molecule has 32 heavy (non-hydrogen) atoms. The Morgan fingerprint density at radius 1 is 0.906 bits per heavy atom. The second-order valence-corrected chi connectivity index (χ2v) is 9.33. The number of fused-ring (bicyclic) bond motifs is 1. The lowest BCUT2D eigenvalue weighted by atomic mass is 10.00. The normalized spacial score (nSPS) is 24.3. The molecular weight excluding hydrogens is 402 g/mol. The van der Waals surface area contributed by atoms with Crippen molar-refractivity contribution in [1.82, 2.24) is 14.7 Å². The van der Waals surface area contributed by atoms with Gasteiger partial charge in [0.15, 0.2) is 0 Å². The Morgan fingerprint density at radius 2 is 1.56 bits per heavy atom. The van der Waals surface area contributed by atoms with Crippen molar-refractivity contribution < 1.29 is 14.4 Å². The molecule has 3 aliphatic rings. The van der Waals surface area contributed by atoms with E-state index in [1.807, 2.05) is 54.3 Å². The fraction of sp³-hybridized carbons (Fsp3) is 0.423. The van der Waals surface area contributed by atoms with Crippen LogP contribution in [0.1, 0.15) is 34.3 Å². The van der Waals surface area contributed by atoms with Crippen LogP contribution in [-0.2, 0) is 16.1 Å². The predicted octanol–water partition coefficient (Wildman–Crippen LogP) is 2.72. The molecule has 0 unspecified atom stereocenters. The van der Waals surface area contributed by atoms with Crippen LogP contribution in [0.2, 0.25) is 0 Å². The van der Waals surface area contributed by atoms with Crippen LogP contribution in [0.15, 0.2) is 54.6 Å². The molecule has 6 nitrogen and oxygen atoms in total. The smallest absolute Gasteiger partial charge is 0.253 e. The number of imide groups is 1. The van der Waals surface area contributed by atoms with Gasteiger partial charge in [0, 0.05) is 44.3 Å². The van der Waals surface area contributed by atoms with Gasteiger partial charge in [0.1, 0.15) is 0 Å². The van der Waals surface area contributed by atoms with E-state index in [2.05, 4.69) is 17.0 Å². The average Bonchev–Trinajstić information content (AvgIpc) is 3.32. The first kappa shape index (κ1) is 20.9. The first-order chi connectivity index (χ1) is 15.5. The summed E-state index contributed by atoms with van der Waals surface area (Å²) in [6.07, 6.45) is 1.31. The maximum atomic E-state index is 13.2.